The van der Waals surface area contributed by atoms with Crippen LogP contribution in [0.3, 0.4) is 0 Å². The highest BCUT2D eigenvalue weighted by Gasteiger charge is 2.19. The molecule has 0 fully saturated rings. The fourth-order valence-corrected chi connectivity index (χ4v) is 2.00. The van der Waals surface area contributed by atoms with Gasteiger partial charge in [-0.25, -0.2) is 0 Å². The largest absolute Gasteiger partial charge is 0.467 e. The van der Waals surface area contributed by atoms with Gasteiger partial charge in [0.1, 0.15) is 17.9 Å². The Labute approximate surface area is 135 Å². The molecule has 1 atom stereocenters. The third-order valence-corrected chi connectivity index (χ3v) is 3.09. The molecule has 1 amide bonds. The number of carbonyl (C=O) groups is 1. The number of primary amides is 1. The average molecular weight is 337 g/mol. The predicted octanol–water partition coefficient (Wildman–Crippen LogP) is 0.0261. The third-order valence-electron chi connectivity index (χ3n) is 3.09. The van der Waals surface area contributed by atoms with Crippen LogP contribution in [0.15, 0.2) is 39.9 Å². The Kier molecular flexibility index (Phi) is 5.45. The second kappa shape index (κ2) is 7.53. The van der Waals surface area contributed by atoms with Crippen LogP contribution >= 0.6 is 0 Å². The fraction of sp³-hybridized carbons (Fsp3) is 0.286. The molecule has 10 heteroatoms. The van der Waals surface area contributed by atoms with Crippen LogP contribution in [-0.2, 0) is 17.9 Å². The number of aliphatic hydroxyl groups is 1. The van der Waals surface area contributed by atoms with Gasteiger partial charge in [0.05, 0.1) is 36.6 Å². The molecule has 2 aromatic rings. The summed E-state index contributed by atoms with van der Waals surface area (Å²) in [7, 11) is 0. The van der Waals surface area contributed by atoms with Gasteiger partial charge in [0, 0.05) is 6.07 Å². The number of rotatable bonds is 8. The van der Waals surface area contributed by atoms with E-state index in [-0.39, 0.29) is 19.8 Å². The van der Waals surface area contributed by atoms with E-state index in [1.54, 1.807) is 12.1 Å². The van der Waals surface area contributed by atoms with E-state index in [1.165, 1.54) is 6.26 Å². The molecule has 0 spiro atoms. The smallest absolute Gasteiger partial charge is 0.286 e. The molecule has 0 aliphatic carbocycles. The van der Waals surface area contributed by atoms with Crippen molar-refractivity contribution in [2.45, 2.75) is 19.3 Å². The highest BCUT2D eigenvalue weighted by atomic mass is 16.6. The number of ether oxygens (including phenoxy) is 1. The second-order valence-corrected chi connectivity index (χ2v) is 4.94. The van der Waals surface area contributed by atoms with Crippen LogP contribution in [0, 0.1) is 10.1 Å². The van der Waals surface area contributed by atoms with E-state index in [9.17, 15) is 24.8 Å². The monoisotopic (exact) mass is 337 g/mol. The minimum absolute atomic E-state index is 0.125. The molecule has 10 nitrogen and oxygen atoms in total. The summed E-state index contributed by atoms with van der Waals surface area (Å²) in [5.74, 6) is -0.522. The number of hydrogen-bond donors (Lipinski definition) is 2. The van der Waals surface area contributed by atoms with Crippen LogP contribution in [0.2, 0.25) is 0 Å². The summed E-state index contributed by atoms with van der Waals surface area (Å²) in [6.07, 6.45) is 1.29. The summed E-state index contributed by atoms with van der Waals surface area (Å²) >= 11 is 0. The molecule has 0 aromatic carbocycles. The molecule has 0 bridgehead atoms. The Morgan fingerprint density at radius 1 is 1.54 bits per heavy atom. The highest BCUT2D eigenvalue weighted by Crippen LogP contribution is 2.11. The van der Waals surface area contributed by atoms with Gasteiger partial charge in [-0.2, -0.15) is 0 Å². The van der Waals surface area contributed by atoms with Crippen molar-refractivity contribution >= 4 is 11.6 Å². The van der Waals surface area contributed by atoms with Crippen LogP contribution in [0.25, 0.3) is 0 Å². The molecular weight excluding hydrogens is 322 g/mol. The van der Waals surface area contributed by atoms with Gasteiger partial charge in [0.25, 0.3) is 17.2 Å². The van der Waals surface area contributed by atoms with E-state index in [1.807, 2.05) is 0 Å². The van der Waals surface area contributed by atoms with E-state index in [0.717, 1.165) is 16.8 Å². The van der Waals surface area contributed by atoms with Gasteiger partial charge in [-0.05, 0) is 12.1 Å². The van der Waals surface area contributed by atoms with Crippen LogP contribution in [0.5, 0.6) is 0 Å². The van der Waals surface area contributed by atoms with Gasteiger partial charge in [-0.1, -0.05) is 0 Å². The molecule has 128 valence electrons. The van der Waals surface area contributed by atoms with E-state index in [4.69, 9.17) is 14.9 Å². The third kappa shape index (κ3) is 4.27. The molecule has 0 saturated heterocycles. The minimum atomic E-state index is -1.12. The normalized spacial score (nSPS) is 12.0. The number of carbonyl (C=O) groups excluding carboxylic acids is 1. The highest BCUT2D eigenvalue weighted by molar-refractivity contribution is 5.92. The van der Waals surface area contributed by atoms with Crippen molar-refractivity contribution in [1.29, 1.82) is 0 Å². The zero-order chi connectivity index (χ0) is 17.7. The molecule has 2 heterocycles. The van der Waals surface area contributed by atoms with Crippen LogP contribution < -0.4 is 11.3 Å². The van der Waals surface area contributed by atoms with Crippen molar-refractivity contribution in [3.05, 3.63) is 62.5 Å². The van der Waals surface area contributed by atoms with Crippen molar-refractivity contribution in [2.24, 2.45) is 5.73 Å². The fourth-order valence-electron chi connectivity index (χ4n) is 2.00. The quantitative estimate of drug-likeness (QED) is 0.509. The Morgan fingerprint density at radius 3 is 2.88 bits per heavy atom. The molecule has 3 N–H and O–H groups in total. The average Bonchev–Trinajstić information content (AvgIpc) is 3.02. The van der Waals surface area contributed by atoms with Crippen molar-refractivity contribution in [3.63, 3.8) is 0 Å². The van der Waals surface area contributed by atoms with Gasteiger partial charge < -0.3 is 24.6 Å². The Morgan fingerprint density at radius 2 is 2.29 bits per heavy atom. The van der Waals surface area contributed by atoms with Crippen molar-refractivity contribution in [1.82, 2.24) is 4.57 Å². The summed E-state index contributed by atoms with van der Waals surface area (Å²) in [5.41, 5.74) is 3.22. The Hall–Kier alpha value is -2.98. The molecule has 0 radical (unpaired) electrons. The topological polar surface area (TPSA) is 151 Å². The lowest BCUT2D eigenvalue weighted by Crippen LogP contribution is -2.34. The summed E-state index contributed by atoms with van der Waals surface area (Å²) in [4.78, 5) is 33.4. The van der Waals surface area contributed by atoms with E-state index >= 15 is 0 Å². The van der Waals surface area contributed by atoms with Gasteiger partial charge in [0.2, 0.25) is 0 Å². The van der Waals surface area contributed by atoms with Crippen LogP contribution in [-0.4, -0.2) is 33.2 Å². The number of nitro groups is 1. The van der Waals surface area contributed by atoms with Gasteiger partial charge in [0.15, 0.2) is 0 Å². The standard InChI is InChI=1S/C14H15N3O7/c15-13(19)12-4-9(17(21)22)5-16(14(12)20)6-10(18)7-23-8-11-2-1-3-24-11/h1-5,10,18H,6-8H2,(H2,15,19)/t10-/m0/s1. The number of nitrogens with two attached hydrogens (primary N) is 1. The molecule has 0 aliphatic heterocycles. The molecule has 24 heavy (non-hydrogen) atoms. The number of nitrogens with zero attached hydrogens (tertiary/aromatic N) is 2. The zero-order valence-corrected chi connectivity index (χ0v) is 12.5. The molecule has 2 aromatic heterocycles. The lowest BCUT2D eigenvalue weighted by molar-refractivity contribution is -0.385. The van der Waals surface area contributed by atoms with Gasteiger partial charge in [-0.3, -0.25) is 19.7 Å². The maximum atomic E-state index is 12.1. The molecule has 0 aliphatic rings. The van der Waals surface area contributed by atoms with E-state index < -0.39 is 33.7 Å². The van der Waals surface area contributed by atoms with E-state index in [0.29, 0.717) is 5.76 Å². The first-order valence-electron chi connectivity index (χ1n) is 6.85. The number of aromatic nitrogens is 1. The van der Waals surface area contributed by atoms with Gasteiger partial charge >= 0.3 is 0 Å². The number of amides is 1. The SMILES string of the molecule is NC(=O)c1cc([N+](=O)[O-])cn(C[C@H](O)COCc2ccco2)c1=O. The summed E-state index contributed by atoms with van der Waals surface area (Å²) in [5, 5.41) is 20.8. The Balaban J connectivity index is 2.08. The number of hydrogen-bond acceptors (Lipinski definition) is 7. The number of furan rings is 1. The first-order valence-corrected chi connectivity index (χ1v) is 6.85. The maximum Gasteiger partial charge on any atom is 0.286 e. The number of aliphatic hydroxyl groups excluding tert-OH is 1. The van der Waals surface area contributed by atoms with Crippen molar-refractivity contribution < 1.29 is 24.0 Å². The first kappa shape index (κ1) is 17.4. The lowest BCUT2D eigenvalue weighted by atomic mass is 10.2. The van der Waals surface area contributed by atoms with Crippen LogP contribution in [0.4, 0.5) is 5.69 Å². The molecule has 0 unspecified atom stereocenters. The number of pyridine rings is 1. The minimum Gasteiger partial charge on any atom is -0.467 e. The summed E-state index contributed by atoms with van der Waals surface area (Å²) < 4.78 is 11.1. The molecule has 0 saturated carbocycles. The predicted molar refractivity (Wildman–Crippen MR) is 80.2 cm³/mol. The van der Waals surface area contributed by atoms with Crippen molar-refractivity contribution in [2.75, 3.05) is 6.61 Å². The first-order chi connectivity index (χ1) is 11.4. The van der Waals surface area contributed by atoms with Gasteiger partial charge in [-0.15, -0.1) is 0 Å². The van der Waals surface area contributed by atoms with E-state index in [2.05, 4.69) is 0 Å². The summed E-state index contributed by atoms with van der Waals surface area (Å²) in [6.45, 7) is -0.304. The molecular formula is C14H15N3O7. The summed E-state index contributed by atoms with van der Waals surface area (Å²) in [6, 6.07) is 4.18. The maximum absolute atomic E-state index is 12.1. The lowest BCUT2D eigenvalue weighted by Gasteiger charge is -2.13. The second-order valence-electron chi connectivity index (χ2n) is 4.94. The Bertz CT molecular complexity index is 782. The van der Waals surface area contributed by atoms with Crippen LogP contribution in [0.1, 0.15) is 16.1 Å². The zero-order valence-electron chi connectivity index (χ0n) is 12.5. The molecule has 2 rings (SSSR count). The van der Waals surface area contributed by atoms with Crippen molar-refractivity contribution in [3.8, 4) is 0 Å².